The van der Waals surface area contributed by atoms with Crippen LogP contribution in [0.5, 0.6) is 0 Å². The molecular weight excluding hydrogens is 218 g/mol. The minimum atomic E-state index is -2.81. The van der Waals surface area contributed by atoms with E-state index in [9.17, 15) is 13.6 Å². The van der Waals surface area contributed by atoms with Crippen LogP contribution in [0.25, 0.3) is 0 Å². The molecule has 0 aliphatic carbocycles. The Balaban J connectivity index is 2.06. The third kappa shape index (κ3) is 4.85. The van der Waals surface area contributed by atoms with Gasteiger partial charge in [0.25, 0.3) is 6.43 Å². The van der Waals surface area contributed by atoms with E-state index in [4.69, 9.17) is 5.11 Å². The van der Waals surface area contributed by atoms with E-state index in [1.54, 1.807) is 0 Å². The molecule has 4 nitrogen and oxygen atoms in total. The van der Waals surface area contributed by atoms with Crippen molar-refractivity contribution in [2.24, 2.45) is 5.92 Å². The van der Waals surface area contributed by atoms with Crippen LogP contribution in [0.3, 0.4) is 0 Å². The van der Waals surface area contributed by atoms with E-state index in [0.29, 0.717) is 12.3 Å². The van der Waals surface area contributed by atoms with Gasteiger partial charge in [-0.2, -0.15) is 0 Å². The summed E-state index contributed by atoms with van der Waals surface area (Å²) >= 11 is 0. The van der Waals surface area contributed by atoms with E-state index in [1.807, 2.05) is 0 Å². The van der Waals surface area contributed by atoms with Crippen molar-refractivity contribution in [2.45, 2.75) is 31.8 Å². The van der Waals surface area contributed by atoms with Gasteiger partial charge in [-0.05, 0) is 31.8 Å². The van der Waals surface area contributed by atoms with Gasteiger partial charge in [-0.25, -0.2) is 8.78 Å². The maximum absolute atomic E-state index is 11.9. The summed E-state index contributed by atoms with van der Waals surface area (Å²) in [6, 6.07) is 0. The summed E-state index contributed by atoms with van der Waals surface area (Å²) < 4.78 is 23.8. The van der Waals surface area contributed by atoms with Crippen molar-refractivity contribution < 1.29 is 18.7 Å². The summed E-state index contributed by atoms with van der Waals surface area (Å²) in [6.07, 6.45) is -2.41. The number of alkyl halides is 2. The van der Waals surface area contributed by atoms with E-state index in [1.165, 1.54) is 0 Å². The van der Waals surface area contributed by atoms with Crippen molar-refractivity contribution >= 4 is 5.91 Å². The maximum Gasteiger partial charge on any atom is 0.265 e. The Morgan fingerprint density at radius 3 is 2.88 bits per heavy atom. The van der Waals surface area contributed by atoms with E-state index in [2.05, 4.69) is 10.6 Å². The van der Waals surface area contributed by atoms with Gasteiger partial charge in [0, 0.05) is 13.0 Å². The summed E-state index contributed by atoms with van der Waals surface area (Å²) in [5.41, 5.74) is 0. The predicted molar refractivity (Wildman–Crippen MR) is 55.2 cm³/mol. The number of carbonyl (C=O) groups excluding carboxylic acids is 1. The Morgan fingerprint density at radius 2 is 2.31 bits per heavy atom. The second-order valence-electron chi connectivity index (χ2n) is 4.10. The second kappa shape index (κ2) is 6.75. The van der Waals surface area contributed by atoms with E-state index >= 15 is 0 Å². The first-order valence-electron chi connectivity index (χ1n) is 5.53. The molecule has 1 fully saturated rings. The number of rotatable bonds is 6. The molecule has 0 bridgehead atoms. The van der Waals surface area contributed by atoms with Gasteiger partial charge in [0.2, 0.25) is 5.91 Å². The third-order valence-electron chi connectivity index (χ3n) is 2.74. The molecule has 3 N–H and O–H groups in total. The van der Waals surface area contributed by atoms with Crippen LogP contribution in [0.15, 0.2) is 0 Å². The highest BCUT2D eigenvalue weighted by atomic mass is 19.3. The van der Waals surface area contributed by atoms with Crippen LogP contribution >= 0.6 is 0 Å². The van der Waals surface area contributed by atoms with Crippen LogP contribution in [0, 0.1) is 5.92 Å². The van der Waals surface area contributed by atoms with Crippen molar-refractivity contribution in [3.05, 3.63) is 0 Å². The monoisotopic (exact) mass is 236 g/mol. The molecule has 1 rings (SSSR count). The second-order valence-corrected chi connectivity index (χ2v) is 4.10. The molecular formula is C10H18F2N2O2. The third-order valence-corrected chi connectivity index (χ3v) is 2.74. The van der Waals surface area contributed by atoms with Crippen LogP contribution in [0.1, 0.15) is 19.3 Å². The Hall–Kier alpha value is -0.750. The molecule has 0 spiro atoms. The summed E-state index contributed by atoms with van der Waals surface area (Å²) in [5.74, 6) is 0.234. The van der Waals surface area contributed by atoms with Crippen molar-refractivity contribution in [3.63, 3.8) is 0 Å². The molecule has 0 aromatic rings. The summed E-state index contributed by atoms with van der Waals surface area (Å²) in [6.45, 7) is 1.53. The first kappa shape index (κ1) is 13.3. The number of hydrogen-bond acceptors (Lipinski definition) is 3. The quantitative estimate of drug-likeness (QED) is 0.614. The average molecular weight is 236 g/mol. The summed E-state index contributed by atoms with van der Waals surface area (Å²) in [7, 11) is 0. The van der Waals surface area contributed by atoms with E-state index in [0.717, 1.165) is 25.9 Å². The molecule has 1 aliphatic rings. The number of halogens is 2. The molecule has 0 aromatic carbocycles. The molecule has 1 aliphatic heterocycles. The smallest absolute Gasteiger partial charge is 0.265 e. The number of aliphatic hydroxyl groups is 1. The number of hydrogen-bond donors (Lipinski definition) is 3. The van der Waals surface area contributed by atoms with Gasteiger partial charge < -0.3 is 15.7 Å². The minimum Gasteiger partial charge on any atom is -0.385 e. The Bertz CT molecular complexity index is 213. The van der Waals surface area contributed by atoms with Crippen molar-refractivity contribution in [1.82, 2.24) is 10.6 Å². The van der Waals surface area contributed by atoms with Crippen molar-refractivity contribution in [1.29, 1.82) is 0 Å². The molecule has 1 saturated heterocycles. The highest BCUT2D eigenvalue weighted by molar-refractivity contribution is 5.75. The topological polar surface area (TPSA) is 61.4 Å². The van der Waals surface area contributed by atoms with Gasteiger partial charge in [-0.1, -0.05) is 0 Å². The lowest BCUT2D eigenvalue weighted by atomic mass is 10.0. The van der Waals surface area contributed by atoms with Crippen molar-refractivity contribution in [3.8, 4) is 0 Å². The molecule has 6 heteroatoms. The van der Waals surface area contributed by atoms with Crippen LogP contribution in [0.2, 0.25) is 0 Å². The van der Waals surface area contributed by atoms with Gasteiger partial charge in [0.15, 0.2) is 0 Å². The van der Waals surface area contributed by atoms with Crippen LogP contribution < -0.4 is 10.6 Å². The Labute approximate surface area is 93.4 Å². The van der Waals surface area contributed by atoms with Gasteiger partial charge in [-0.15, -0.1) is 0 Å². The molecule has 1 heterocycles. The molecule has 2 unspecified atom stereocenters. The molecule has 0 saturated carbocycles. The maximum atomic E-state index is 11.9. The first-order valence-corrected chi connectivity index (χ1v) is 5.53. The van der Waals surface area contributed by atoms with Crippen LogP contribution in [-0.2, 0) is 4.79 Å². The molecule has 2 atom stereocenters. The lowest BCUT2D eigenvalue weighted by Gasteiger charge is -2.11. The largest absolute Gasteiger partial charge is 0.385 e. The van der Waals surface area contributed by atoms with Gasteiger partial charge in [-0.3, -0.25) is 4.79 Å². The van der Waals surface area contributed by atoms with Gasteiger partial charge >= 0.3 is 0 Å². The molecule has 16 heavy (non-hydrogen) atoms. The average Bonchev–Trinajstić information content (AvgIpc) is 2.75. The number of amides is 1. The van der Waals surface area contributed by atoms with Gasteiger partial charge in [0.1, 0.15) is 6.10 Å². The minimum absolute atomic E-state index is 0.272. The molecule has 0 radical (unpaired) electrons. The van der Waals surface area contributed by atoms with Crippen molar-refractivity contribution in [2.75, 3.05) is 19.6 Å². The van der Waals surface area contributed by atoms with E-state index < -0.39 is 12.5 Å². The number of aliphatic hydroxyl groups excluding tert-OH is 1. The summed E-state index contributed by atoms with van der Waals surface area (Å²) in [5, 5.41) is 14.3. The summed E-state index contributed by atoms with van der Waals surface area (Å²) in [4.78, 5) is 11.2. The fourth-order valence-corrected chi connectivity index (χ4v) is 1.69. The normalized spacial score (nSPS) is 22.4. The highest BCUT2D eigenvalue weighted by Crippen LogP contribution is 2.13. The van der Waals surface area contributed by atoms with Crippen LogP contribution in [-0.4, -0.2) is 43.2 Å². The number of nitrogens with one attached hydrogen (secondary N) is 2. The number of carbonyl (C=O) groups is 1. The standard InChI is InChI=1S/C10H18F2N2O2/c11-10(12)8(15)6-14-9(16)2-1-7-3-4-13-5-7/h7-8,10,13,15H,1-6H2,(H,14,16). The zero-order valence-corrected chi connectivity index (χ0v) is 9.09. The lowest BCUT2D eigenvalue weighted by molar-refractivity contribution is -0.122. The first-order chi connectivity index (χ1) is 7.59. The molecule has 1 amide bonds. The Morgan fingerprint density at radius 1 is 1.56 bits per heavy atom. The van der Waals surface area contributed by atoms with Gasteiger partial charge in [0.05, 0.1) is 0 Å². The zero-order valence-electron chi connectivity index (χ0n) is 9.09. The fourth-order valence-electron chi connectivity index (χ4n) is 1.69. The lowest BCUT2D eigenvalue weighted by Crippen LogP contribution is -2.35. The highest BCUT2D eigenvalue weighted by Gasteiger charge is 2.18. The Kier molecular flexibility index (Phi) is 5.62. The van der Waals surface area contributed by atoms with Crippen LogP contribution in [0.4, 0.5) is 8.78 Å². The SMILES string of the molecule is O=C(CCC1CCNC1)NCC(O)C(F)F. The zero-order chi connectivity index (χ0) is 12.0. The predicted octanol–water partition coefficient (Wildman–Crippen LogP) is 0.118. The fraction of sp³-hybridized carbons (Fsp3) is 0.900. The van der Waals surface area contributed by atoms with E-state index in [-0.39, 0.29) is 12.5 Å². The molecule has 94 valence electrons. The molecule has 0 aromatic heterocycles.